The highest BCUT2D eigenvalue weighted by molar-refractivity contribution is 5.96. The number of carbonyl (C=O) groups excluding carboxylic acids is 3. The van der Waals surface area contributed by atoms with E-state index in [0.717, 1.165) is 42.3 Å². The van der Waals surface area contributed by atoms with Crippen LogP contribution in [0.1, 0.15) is 44.9 Å². The summed E-state index contributed by atoms with van der Waals surface area (Å²) >= 11 is 0. The summed E-state index contributed by atoms with van der Waals surface area (Å²) in [5.41, 5.74) is 7.61. The van der Waals surface area contributed by atoms with Crippen molar-refractivity contribution in [3.63, 3.8) is 0 Å². The van der Waals surface area contributed by atoms with Crippen LogP contribution in [-0.4, -0.2) is 72.2 Å². The average molecular weight is 613 g/mol. The third-order valence-electron chi connectivity index (χ3n) is 9.17. The molecule has 236 valence electrons. The highest BCUT2D eigenvalue weighted by Crippen LogP contribution is 2.46. The molecule has 1 saturated heterocycles. The Labute approximate surface area is 262 Å². The van der Waals surface area contributed by atoms with Crippen molar-refractivity contribution in [3.8, 4) is 22.8 Å². The van der Waals surface area contributed by atoms with E-state index < -0.39 is 35.6 Å². The maximum absolute atomic E-state index is 13.9. The molecule has 10 heteroatoms. The molecular formula is C35H40N4O6. The van der Waals surface area contributed by atoms with Gasteiger partial charge < -0.3 is 30.2 Å². The number of aromatic nitrogens is 1. The molecule has 3 aliphatic rings. The molecule has 1 saturated carbocycles. The van der Waals surface area contributed by atoms with E-state index in [0.29, 0.717) is 29.9 Å². The Morgan fingerprint density at radius 2 is 1.89 bits per heavy atom. The van der Waals surface area contributed by atoms with Gasteiger partial charge in [-0.3, -0.25) is 9.59 Å². The van der Waals surface area contributed by atoms with Crippen molar-refractivity contribution in [3.05, 3.63) is 66.7 Å². The number of hydrogen-bond acceptors (Lipinski definition) is 8. The van der Waals surface area contributed by atoms with Crippen LogP contribution in [0.2, 0.25) is 0 Å². The molecule has 2 aliphatic heterocycles. The molecule has 10 nitrogen and oxygen atoms in total. The fraction of sp³-hybridized carbons (Fsp3) is 0.429. The van der Waals surface area contributed by atoms with E-state index in [-0.39, 0.29) is 24.8 Å². The molecular weight excluding hydrogens is 572 g/mol. The van der Waals surface area contributed by atoms with Crippen LogP contribution in [0.3, 0.4) is 0 Å². The summed E-state index contributed by atoms with van der Waals surface area (Å²) in [7, 11) is 2.93. The molecule has 3 heterocycles. The molecule has 2 aromatic carbocycles. The summed E-state index contributed by atoms with van der Waals surface area (Å²) in [6.45, 7) is 0.180. The number of benzene rings is 2. The third-order valence-corrected chi connectivity index (χ3v) is 9.17. The highest BCUT2D eigenvalue weighted by atomic mass is 16.5. The number of pyridine rings is 1. The lowest BCUT2D eigenvalue weighted by atomic mass is 10.1. The van der Waals surface area contributed by atoms with Gasteiger partial charge in [-0.25, -0.2) is 9.78 Å². The molecule has 1 aromatic heterocycles. The van der Waals surface area contributed by atoms with Gasteiger partial charge in [-0.2, -0.15) is 0 Å². The number of nitrogens with two attached hydrogens (primary N) is 1. The van der Waals surface area contributed by atoms with Gasteiger partial charge in [0.05, 0.1) is 38.0 Å². The van der Waals surface area contributed by atoms with Gasteiger partial charge in [0.2, 0.25) is 11.8 Å². The zero-order valence-electron chi connectivity index (χ0n) is 25.7. The minimum Gasteiger partial charge on any atom is -0.497 e. The standard InChI is InChI=1S/C35H40N4O6/c1-43-24-15-16-26-29(17-24)37-28(22-11-7-6-8-12-22)19-31(26)45-25-18-30-32(40)38-35(34(42)44-2)20-23(35)13-9-4-3-5-10-14-27(36)33(41)39(30)21-25/h6-9,11-13,15-17,19,23,25,27,30H,3-5,10,14,18,20-21,36H2,1-2H3,(H,38,40)/b13-9-/t23-,25-,27+,30+,35-/m1/s1. The second-order valence-corrected chi connectivity index (χ2v) is 12.2. The van der Waals surface area contributed by atoms with Crippen molar-refractivity contribution in [1.29, 1.82) is 0 Å². The van der Waals surface area contributed by atoms with E-state index in [2.05, 4.69) is 11.4 Å². The normalized spacial score (nSPS) is 27.8. The first-order chi connectivity index (χ1) is 21.8. The lowest BCUT2D eigenvalue weighted by Gasteiger charge is -2.28. The van der Waals surface area contributed by atoms with Gasteiger partial charge in [0.15, 0.2) is 0 Å². The number of esters is 1. The van der Waals surface area contributed by atoms with Gasteiger partial charge in [0, 0.05) is 35.4 Å². The maximum atomic E-state index is 13.9. The molecule has 0 bridgehead atoms. The number of rotatable bonds is 5. The number of nitrogens with one attached hydrogen (secondary N) is 1. The number of nitrogens with zero attached hydrogens (tertiary/aromatic N) is 2. The zero-order valence-corrected chi connectivity index (χ0v) is 25.7. The van der Waals surface area contributed by atoms with Gasteiger partial charge in [-0.05, 0) is 37.8 Å². The van der Waals surface area contributed by atoms with Crippen molar-refractivity contribution in [2.75, 3.05) is 20.8 Å². The fourth-order valence-electron chi connectivity index (χ4n) is 6.55. The predicted octanol–water partition coefficient (Wildman–Crippen LogP) is 4.15. The summed E-state index contributed by atoms with van der Waals surface area (Å²) < 4.78 is 17.2. The fourth-order valence-corrected chi connectivity index (χ4v) is 6.55. The number of fused-ring (bicyclic) bond motifs is 3. The monoisotopic (exact) mass is 612 g/mol. The molecule has 1 aliphatic carbocycles. The quantitative estimate of drug-likeness (QED) is 0.324. The average Bonchev–Trinajstić information content (AvgIpc) is 3.59. The lowest BCUT2D eigenvalue weighted by molar-refractivity contribution is -0.148. The van der Waals surface area contributed by atoms with Gasteiger partial charge in [-0.15, -0.1) is 0 Å². The second kappa shape index (κ2) is 12.9. The molecule has 2 fully saturated rings. The molecule has 0 radical (unpaired) electrons. The van der Waals surface area contributed by atoms with Crippen molar-refractivity contribution in [2.45, 2.75) is 68.7 Å². The van der Waals surface area contributed by atoms with Crippen LogP contribution in [0.4, 0.5) is 0 Å². The molecule has 2 amide bonds. The zero-order chi connectivity index (χ0) is 31.6. The Hall–Kier alpha value is -4.44. The molecule has 45 heavy (non-hydrogen) atoms. The third kappa shape index (κ3) is 6.24. The summed E-state index contributed by atoms with van der Waals surface area (Å²) in [6.07, 6.45) is 8.36. The first-order valence-electron chi connectivity index (χ1n) is 15.7. The van der Waals surface area contributed by atoms with Crippen LogP contribution in [0.5, 0.6) is 11.5 Å². The van der Waals surface area contributed by atoms with E-state index in [1.165, 1.54) is 12.0 Å². The van der Waals surface area contributed by atoms with Crippen LogP contribution in [0, 0.1) is 5.92 Å². The molecule has 3 N–H and O–H groups in total. The van der Waals surface area contributed by atoms with Gasteiger partial charge in [0.1, 0.15) is 29.2 Å². The van der Waals surface area contributed by atoms with Gasteiger partial charge >= 0.3 is 5.97 Å². The number of ether oxygens (including phenoxy) is 3. The minimum absolute atomic E-state index is 0.157. The van der Waals surface area contributed by atoms with Crippen molar-refractivity contribution >= 4 is 28.7 Å². The predicted molar refractivity (Wildman–Crippen MR) is 169 cm³/mol. The summed E-state index contributed by atoms with van der Waals surface area (Å²) in [4.78, 5) is 46.9. The van der Waals surface area contributed by atoms with Gasteiger partial charge in [0.25, 0.3) is 0 Å². The van der Waals surface area contributed by atoms with Crippen LogP contribution < -0.4 is 20.5 Å². The molecule has 0 unspecified atom stereocenters. The second-order valence-electron chi connectivity index (χ2n) is 12.2. The number of methoxy groups -OCH3 is 2. The van der Waals surface area contributed by atoms with E-state index in [4.69, 9.17) is 24.9 Å². The number of hydrogen-bond donors (Lipinski definition) is 2. The summed E-state index contributed by atoms with van der Waals surface area (Å²) in [6, 6.07) is 15.7. The van der Waals surface area contributed by atoms with Crippen molar-refractivity contribution < 1.29 is 28.6 Å². The van der Waals surface area contributed by atoms with Crippen LogP contribution in [0.15, 0.2) is 66.7 Å². The molecule has 5 atom stereocenters. The summed E-state index contributed by atoms with van der Waals surface area (Å²) in [5.74, 6) is -0.0836. The Morgan fingerprint density at radius 1 is 1.07 bits per heavy atom. The molecule has 6 rings (SSSR count). The first kappa shape index (κ1) is 30.6. The maximum Gasteiger partial charge on any atom is 0.332 e. The van der Waals surface area contributed by atoms with Crippen molar-refractivity contribution in [2.24, 2.45) is 11.7 Å². The Morgan fingerprint density at radius 3 is 2.67 bits per heavy atom. The minimum atomic E-state index is -1.14. The molecule has 0 spiro atoms. The van der Waals surface area contributed by atoms with E-state index in [1.54, 1.807) is 7.11 Å². The number of amides is 2. The van der Waals surface area contributed by atoms with E-state index >= 15 is 0 Å². The Balaban J connectivity index is 1.32. The smallest absolute Gasteiger partial charge is 0.332 e. The van der Waals surface area contributed by atoms with Crippen LogP contribution in [0.25, 0.3) is 22.2 Å². The van der Waals surface area contributed by atoms with Gasteiger partial charge in [-0.1, -0.05) is 55.3 Å². The summed E-state index contributed by atoms with van der Waals surface area (Å²) in [5, 5.41) is 3.76. The van der Waals surface area contributed by atoms with E-state index in [9.17, 15) is 14.4 Å². The molecule has 3 aromatic rings. The number of allylic oxidation sites excluding steroid dienone is 1. The van der Waals surface area contributed by atoms with Crippen LogP contribution >= 0.6 is 0 Å². The van der Waals surface area contributed by atoms with E-state index in [1.807, 2.05) is 60.7 Å². The largest absolute Gasteiger partial charge is 0.497 e. The Kier molecular flexibility index (Phi) is 8.76. The first-order valence-corrected chi connectivity index (χ1v) is 15.7. The SMILES string of the molecule is COC(=O)[C@@]12C[C@H]1/C=C\CCCCC[C@H](N)C(=O)N1C[C@H](Oc3cc(-c4ccccc4)nc4cc(OC)ccc34)C[C@H]1C(=O)N2. The Bertz CT molecular complexity index is 1610. The van der Waals surface area contributed by atoms with Crippen LogP contribution in [-0.2, 0) is 19.1 Å². The lowest BCUT2D eigenvalue weighted by Crippen LogP contribution is -2.55. The number of carbonyl (C=O) groups is 3. The topological polar surface area (TPSA) is 133 Å². The highest BCUT2D eigenvalue weighted by Gasteiger charge is 2.62. The van der Waals surface area contributed by atoms with Crippen molar-refractivity contribution in [1.82, 2.24) is 15.2 Å².